The number of halogens is 1. The summed E-state index contributed by atoms with van der Waals surface area (Å²) in [5.41, 5.74) is 0. The number of carbonyl (C=O) groups is 1. The van der Waals surface area contributed by atoms with Crippen LogP contribution in [0.15, 0.2) is 15.9 Å². The molecule has 0 aliphatic carbocycles. The number of carbonyl (C=O) groups excluding carboxylic acids is 1. The standard InChI is InChI=1S/C17H28BrNOS/c1-3-5-7-9-12-19(13-10-8-6-4-2)17(20)16-15(18)11-14-21-16/h11,14H,3-10,12-13H2,1-2H3. The Morgan fingerprint density at radius 1 is 1.05 bits per heavy atom. The van der Waals surface area contributed by atoms with Crippen LogP contribution >= 0.6 is 27.3 Å². The highest BCUT2D eigenvalue weighted by Crippen LogP contribution is 2.24. The van der Waals surface area contributed by atoms with E-state index < -0.39 is 0 Å². The third-order valence-electron chi connectivity index (χ3n) is 3.66. The summed E-state index contributed by atoms with van der Waals surface area (Å²) >= 11 is 5.02. The Morgan fingerprint density at radius 3 is 2.05 bits per heavy atom. The van der Waals surface area contributed by atoms with Crippen molar-refractivity contribution >= 4 is 33.2 Å². The summed E-state index contributed by atoms with van der Waals surface area (Å²) in [5.74, 6) is 0.199. The molecule has 21 heavy (non-hydrogen) atoms. The van der Waals surface area contributed by atoms with Crippen molar-refractivity contribution in [2.75, 3.05) is 13.1 Å². The van der Waals surface area contributed by atoms with Crippen LogP contribution in [0.25, 0.3) is 0 Å². The summed E-state index contributed by atoms with van der Waals surface area (Å²) < 4.78 is 0.935. The number of amides is 1. The number of hydrogen-bond acceptors (Lipinski definition) is 2. The van der Waals surface area contributed by atoms with Gasteiger partial charge in [-0.1, -0.05) is 52.4 Å². The van der Waals surface area contributed by atoms with Gasteiger partial charge in [0, 0.05) is 17.6 Å². The van der Waals surface area contributed by atoms with Gasteiger partial charge in [0.05, 0.1) is 0 Å². The van der Waals surface area contributed by atoms with E-state index in [4.69, 9.17) is 0 Å². The second-order valence-electron chi connectivity index (χ2n) is 5.51. The zero-order valence-corrected chi connectivity index (χ0v) is 15.8. The van der Waals surface area contributed by atoms with Gasteiger partial charge in [-0.05, 0) is 40.2 Å². The lowest BCUT2D eigenvalue weighted by Gasteiger charge is -2.22. The van der Waals surface area contributed by atoms with Crippen molar-refractivity contribution in [1.82, 2.24) is 4.90 Å². The molecule has 120 valence electrons. The fraction of sp³-hybridized carbons (Fsp3) is 0.706. The Labute approximate surface area is 142 Å². The van der Waals surface area contributed by atoms with Crippen molar-refractivity contribution in [3.05, 3.63) is 20.8 Å². The third-order valence-corrected chi connectivity index (χ3v) is 5.49. The Balaban J connectivity index is 2.53. The normalized spacial score (nSPS) is 10.8. The molecule has 0 spiro atoms. The van der Waals surface area contributed by atoms with Gasteiger partial charge in [0.1, 0.15) is 4.88 Å². The summed E-state index contributed by atoms with van der Waals surface area (Å²) in [6.45, 7) is 6.23. The van der Waals surface area contributed by atoms with Crippen molar-refractivity contribution in [1.29, 1.82) is 0 Å². The zero-order chi connectivity index (χ0) is 15.5. The molecule has 0 saturated carbocycles. The van der Waals surface area contributed by atoms with Gasteiger partial charge in [0.25, 0.3) is 5.91 Å². The Kier molecular flexibility index (Phi) is 10.0. The highest BCUT2D eigenvalue weighted by Gasteiger charge is 2.18. The topological polar surface area (TPSA) is 20.3 Å². The molecule has 2 nitrogen and oxygen atoms in total. The molecule has 0 aliphatic rings. The molecule has 4 heteroatoms. The average Bonchev–Trinajstić information content (AvgIpc) is 2.91. The van der Waals surface area contributed by atoms with E-state index in [2.05, 4.69) is 34.7 Å². The van der Waals surface area contributed by atoms with Gasteiger partial charge in [-0.15, -0.1) is 11.3 Å². The van der Waals surface area contributed by atoms with Crippen molar-refractivity contribution < 1.29 is 4.79 Å². The van der Waals surface area contributed by atoms with Crippen LogP contribution in [0.2, 0.25) is 0 Å². The fourth-order valence-electron chi connectivity index (χ4n) is 2.36. The number of thiophene rings is 1. The quantitative estimate of drug-likeness (QED) is 0.428. The molecule has 1 rings (SSSR count). The molecule has 1 heterocycles. The van der Waals surface area contributed by atoms with Crippen molar-refractivity contribution in [2.45, 2.75) is 65.2 Å². The molecule has 0 radical (unpaired) electrons. The van der Waals surface area contributed by atoms with E-state index in [9.17, 15) is 4.79 Å². The van der Waals surface area contributed by atoms with E-state index >= 15 is 0 Å². The molecule has 0 bridgehead atoms. The summed E-state index contributed by atoms with van der Waals surface area (Å²) in [6.07, 6.45) is 9.69. The number of nitrogens with zero attached hydrogens (tertiary/aromatic N) is 1. The van der Waals surface area contributed by atoms with Gasteiger partial charge in [-0.2, -0.15) is 0 Å². The summed E-state index contributed by atoms with van der Waals surface area (Å²) in [4.78, 5) is 15.6. The van der Waals surface area contributed by atoms with Crippen molar-refractivity contribution in [2.24, 2.45) is 0 Å². The molecule has 1 aromatic heterocycles. The monoisotopic (exact) mass is 373 g/mol. The first-order valence-electron chi connectivity index (χ1n) is 8.23. The van der Waals surface area contributed by atoms with Crippen molar-refractivity contribution in [3.63, 3.8) is 0 Å². The van der Waals surface area contributed by atoms with Gasteiger partial charge in [0.15, 0.2) is 0 Å². The number of rotatable bonds is 11. The van der Waals surface area contributed by atoms with E-state index in [1.54, 1.807) is 0 Å². The largest absolute Gasteiger partial charge is 0.338 e. The second kappa shape index (κ2) is 11.2. The Morgan fingerprint density at radius 2 is 1.62 bits per heavy atom. The number of unbranched alkanes of at least 4 members (excludes halogenated alkanes) is 6. The van der Waals surface area contributed by atoms with Crippen LogP contribution in [0.1, 0.15) is 74.9 Å². The van der Waals surface area contributed by atoms with E-state index in [0.29, 0.717) is 0 Å². The van der Waals surface area contributed by atoms with Gasteiger partial charge in [-0.3, -0.25) is 4.79 Å². The third kappa shape index (κ3) is 6.96. The van der Waals surface area contributed by atoms with Gasteiger partial charge in [0.2, 0.25) is 0 Å². The van der Waals surface area contributed by atoms with E-state index in [-0.39, 0.29) is 5.91 Å². The Bertz CT molecular complexity index is 393. The molecule has 0 fully saturated rings. The first-order chi connectivity index (χ1) is 10.2. The minimum absolute atomic E-state index is 0.199. The van der Waals surface area contributed by atoms with Crippen LogP contribution < -0.4 is 0 Å². The molecule has 1 aromatic rings. The first kappa shape index (κ1) is 18.7. The van der Waals surface area contributed by atoms with Gasteiger partial charge >= 0.3 is 0 Å². The summed E-state index contributed by atoms with van der Waals surface area (Å²) in [5, 5.41) is 1.98. The van der Waals surface area contributed by atoms with Gasteiger partial charge in [-0.25, -0.2) is 0 Å². The molecule has 1 amide bonds. The van der Waals surface area contributed by atoms with E-state index in [1.165, 1.54) is 49.9 Å². The van der Waals surface area contributed by atoms with Crippen LogP contribution in [-0.4, -0.2) is 23.9 Å². The van der Waals surface area contributed by atoms with Crippen LogP contribution in [-0.2, 0) is 0 Å². The van der Waals surface area contributed by atoms with E-state index in [1.807, 2.05) is 11.4 Å². The molecule has 0 unspecified atom stereocenters. The van der Waals surface area contributed by atoms with Crippen LogP contribution in [0.5, 0.6) is 0 Å². The molecule has 0 aliphatic heterocycles. The highest BCUT2D eigenvalue weighted by molar-refractivity contribution is 9.10. The minimum atomic E-state index is 0.199. The molecule has 0 N–H and O–H groups in total. The summed E-state index contributed by atoms with van der Waals surface area (Å²) in [7, 11) is 0. The molecular weight excluding hydrogens is 346 g/mol. The smallest absolute Gasteiger partial charge is 0.265 e. The minimum Gasteiger partial charge on any atom is -0.338 e. The van der Waals surface area contributed by atoms with Crippen LogP contribution in [0.4, 0.5) is 0 Å². The maximum absolute atomic E-state index is 12.7. The zero-order valence-electron chi connectivity index (χ0n) is 13.4. The maximum atomic E-state index is 12.7. The van der Waals surface area contributed by atoms with Gasteiger partial charge < -0.3 is 4.90 Å². The lowest BCUT2D eigenvalue weighted by atomic mass is 10.1. The predicted molar refractivity (Wildman–Crippen MR) is 96.2 cm³/mol. The fourth-order valence-corrected chi connectivity index (χ4v) is 3.87. The summed E-state index contributed by atoms with van der Waals surface area (Å²) in [6, 6.07) is 1.96. The lowest BCUT2D eigenvalue weighted by molar-refractivity contribution is 0.0753. The molecule has 0 atom stereocenters. The number of hydrogen-bond donors (Lipinski definition) is 0. The van der Waals surface area contributed by atoms with Crippen LogP contribution in [0, 0.1) is 0 Å². The molecule has 0 saturated heterocycles. The molecular formula is C17H28BrNOS. The predicted octanol–water partition coefficient (Wildman–Crippen LogP) is 6.11. The SMILES string of the molecule is CCCCCCN(CCCCCC)C(=O)c1sccc1Br. The van der Waals surface area contributed by atoms with E-state index in [0.717, 1.165) is 35.3 Å². The highest BCUT2D eigenvalue weighted by atomic mass is 79.9. The average molecular weight is 374 g/mol. The maximum Gasteiger partial charge on any atom is 0.265 e. The lowest BCUT2D eigenvalue weighted by Crippen LogP contribution is -2.32. The second-order valence-corrected chi connectivity index (χ2v) is 7.28. The van der Waals surface area contributed by atoms with Crippen molar-refractivity contribution in [3.8, 4) is 0 Å². The molecule has 0 aromatic carbocycles. The first-order valence-corrected chi connectivity index (χ1v) is 9.90. The Hall–Kier alpha value is -0.350. The van der Waals surface area contributed by atoms with Crippen LogP contribution in [0.3, 0.4) is 0 Å².